The molecule has 0 fully saturated rings. The Bertz CT molecular complexity index is 731. The first-order chi connectivity index (χ1) is 8.52. The van der Waals surface area contributed by atoms with Gasteiger partial charge >= 0.3 is 5.69 Å². The number of benzene rings is 1. The van der Waals surface area contributed by atoms with Gasteiger partial charge in [0.05, 0.1) is 0 Å². The van der Waals surface area contributed by atoms with E-state index in [1.165, 1.54) is 6.07 Å². The highest BCUT2D eigenvalue weighted by Crippen LogP contribution is 2.07. The second kappa shape index (κ2) is 4.40. The zero-order valence-corrected chi connectivity index (χ0v) is 9.44. The number of aromatic amines is 1. The Morgan fingerprint density at radius 1 is 1.28 bits per heavy atom. The van der Waals surface area contributed by atoms with Crippen molar-refractivity contribution in [1.82, 2.24) is 9.55 Å². The molecule has 0 amide bonds. The summed E-state index contributed by atoms with van der Waals surface area (Å²) in [6.07, 6.45) is 0.631. The lowest BCUT2D eigenvalue weighted by molar-refractivity contribution is 0.0948. The van der Waals surface area contributed by atoms with Crippen LogP contribution in [0.25, 0.3) is 0 Å². The van der Waals surface area contributed by atoms with Crippen LogP contribution in [0.15, 0.2) is 40.1 Å². The van der Waals surface area contributed by atoms with Gasteiger partial charge < -0.3 is 4.98 Å². The fourth-order valence-corrected chi connectivity index (χ4v) is 1.57. The lowest BCUT2D eigenvalue weighted by atomic mass is 10.1. The second-order valence-electron chi connectivity index (χ2n) is 3.70. The molecule has 1 aromatic heterocycles. The molecule has 0 aliphatic rings. The van der Waals surface area contributed by atoms with E-state index in [0.717, 1.165) is 0 Å². The van der Waals surface area contributed by atoms with Crippen LogP contribution < -0.4 is 11.2 Å². The lowest BCUT2D eigenvalue weighted by Crippen LogP contribution is -2.41. The van der Waals surface area contributed by atoms with Gasteiger partial charge in [-0.2, -0.15) is 8.96 Å². The zero-order valence-electron chi connectivity index (χ0n) is 9.44. The van der Waals surface area contributed by atoms with E-state index in [4.69, 9.17) is 0 Å². The summed E-state index contributed by atoms with van der Waals surface area (Å²) in [6.45, 7) is 1.66. The van der Waals surface area contributed by atoms with Gasteiger partial charge in [-0.25, -0.2) is 4.79 Å². The predicted molar refractivity (Wildman–Crippen MR) is 62.2 cm³/mol. The topological polar surface area (TPSA) is 71.9 Å². The van der Waals surface area contributed by atoms with Crippen LogP contribution in [0.1, 0.15) is 15.9 Å². The molecular weight excluding hydrogens is 239 g/mol. The number of aromatic nitrogens is 2. The molecule has 92 valence electrons. The molecule has 6 heteroatoms. The Morgan fingerprint density at radius 2 is 1.94 bits per heavy atom. The lowest BCUT2D eigenvalue weighted by Gasteiger charge is -2.05. The van der Waals surface area contributed by atoms with Crippen molar-refractivity contribution in [3.8, 4) is 0 Å². The highest BCUT2D eigenvalue weighted by molar-refractivity contribution is 5.97. The van der Waals surface area contributed by atoms with E-state index in [1.807, 2.05) is 4.98 Å². The van der Waals surface area contributed by atoms with E-state index in [2.05, 4.69) is 0 Å². The SMILES string of the molecule is Cc1ccccc1C(=O)n1c(=O)[nH]cc(F)c1=O. The van der Waals surface area contributed by atoms with Gasteiger partial charge in [0.25, 0.3) is 11.5 Å². The number of H-pyrrole nitrogens is 1. The number of carbonyl (C=O) groups excluding carboxylic acids is 1. The number of nitrogens with zero attached hydrogens (tertiary/aromatic N) is 1. The molecule has 0 spiro atoms. The summed E-state index contributed by atoms with van der Waals surface area (Å²) in [5.74, 6) is -2.03. The van der Waals surface area contributed by atoms with Crippen molar-refractivity contribution in [2.45, 2.75) is 6.92 Å². The minimum Gasteiger partial charge on any atom is -0.311 e. The number of halogens is 1. The molecule has 5 nitrogen and oxygen atoms in total. The maximum absolute atomic E-state index is 13.1. The molecule has 0 saturated carbocycles. The van der Waals surface area contributed by atoms with E-state index in [-0.39, 0.29) is 10.1 Å². The Balaban J connectivity index is 2.69. The fraction of sp³-hybridized carbons (Fsp3) is 0.0833. The Kier molecular flexibility index (Phi) is 2.93. The quantitative estimate of drug-likeness (QED) is 0.806. The van der Waals surface area contributed by atoms with E-state index in [9.17, 15) is 18.8 Å². The van der Waals surface area contributed by atoms with Crippen LogP contribution in [-0.4, -0.2) is 15.5 Å². The molecule has 0 bridgehead atoms. The summed E-state index contributed by atoms with van der Waals surface area (Å²) in [5, 5.41) is 0. The van der Waals surface area contributed by atoms with Crippen LogP contribution in [0.4, 0.5) is 4.39 Å². The summed E-state index contributed by atoms with van der Waals surface area (Å²) in [6, 6.07) is 6.43. The van der Waals surface area contributed by atoms with Crippen molar-refractivity contribution in [2.75, 3.05) is 0 Å². The maximum Gasteiger partial charge on any atom is 0.335 e. The van der Waals surface area contributed by atoms with Crippen molar-refractivity contribution < 1.29 is 9.18 Å². The average molecular weight is 248 g/mol. The summed E-state index contributed by atoms with van der Waals surface area (Å²) in [5.41, 5.74) is -1.45. The zero-order chi connectivity index (χ0) is 13.3. The van der Waals surface area contributed by atoms with Crippen LogP contribution >= 0.6 is 0 Å². The molecule has 1 aromatic carbocycles. The standard InChI is InChI=1S/C12H9FN2O3/c1-7-4-2-3-5-8(7)10(16)15-11(17)9(13)6-14-12(15)18/h2-6H,1H3,(H,14,18). The molecule has 0 unspecified atom stereocenters. The Labute approximate surface area is 101 Å². The molecule has 0 saturated heterocycles. The van der Waals surface area contributed by atoms with E-state index < -0.39 is 23.0 Å². The summed E-state index contributed by atoms with van der Waals surface area (Å²) < 4.78 is 13.3. The largest absolute Gasteiger partial charge is 0.335 e. The smallest absolute Gasteiger partial charge is 0.311 e. The number of aryl methyl sites for hydroxylation is 1. The van der Waals surface area contributed by atoms with Gasteiger partial charge in [0, 0.05) is 11.8 Å². The van der Waals surface area contributed by atoms with Crippen LogP contribution in [0.2, 0.25) is 0 Å². The fourth-order valence-electron chi connectivity index (χ4n) is 1.57. The number of nitrogens with one attached hydrogen (secondary N) is 1. The summed E-state index contributed by atoms with van der Waals surface area (Å²) in [4.78, 5) is 36.9. The molecule has 2 aromatic rings. The first-order valence-electron chi connectivity index (χ1n) is 5.13. The molecule has 2 rings (SSSR count). The van der Waals surface area contributed by atoms with Crippen molar-refractivity contribution in [3.05, 3.63) is 68.2 Å². The van der Waals surface area contributed by atoms with Gasteiger partial charge in [-0.1, -0.05) is 18.2 Å². The van der Waals surface area contributed by atoms with E-state index >= 15 is 0 Å². The first kappa shape index (κ1) is 12.0. The molecule has 1 heterocycles. The van der Waals surface area contributed by atoms with Crippen molar-refractivity contribution >= 4 is 5.91 Å². The van der Waals surface area contributed by atoms with Crippen molar-refractivity contribution in [2.24, 2.45) is 0 Å². The van der Waals surface area contributed by atoms with Gasteiger partial charge in [0.1, 0.15) is 0 Å². The summed E-state index contributed by atoms with van der Waals surface area (Å²) in [7, 11) is 0. The monoisotopic (exact) mass is 248 g/mol. The Hall–Kier alpha value is -2.50. The third kappa shape index (κ3) is 1.88. The van der Waals surface area contributed by atoms with Gasteiger partial charge in [0.2, 0.25) is 5.82 Å². The van der Waals surface area contributed by atoms with Crippen LogP contribution in [0, 0.1) is 12.7 Å². The third-order valence-electron chi connectivity index (χ3n) is 2.51. The van der Waals surface area contributed by atoms with Gasteiger partial charge in [-0.05, 0) is 18.6 Å². The molecule has 0 radical (unpaired) electrons. The molecule has 0 aliphatic carbocycles. The van der Waals surface area contributed by atoms with Gasteiger partial charge in [-0.15, -0.1) is 0 Å². The van der Waals surface area contributed by atoms with Crippen molar-refractivity contribution in [1.29, 1.82) is 0 Å². The first-order valence-corrected chi connectivity index (χ1v) is 5.13. The normalized spacial score (nSPS) is 10.3. The van der Waals surface area contributed by atoms with Crippen LogP contribution in [-0.2, 0) is 0 Å². The number of hydrogen-bond acceptors (Lipinski definition) is 3. The number of rotatable bonds is 1. The predicted octanol–water partition coefficient (Wildman–Crippen LogP) is 0.673. The maximum atomic E-state index is 13.1. The van der Waals surface area contributed by atoms with Crippen molar-refractivity contribution in [3.63, 3.8) is 0 Å². The second-order valence-corrected chi connectivity index (χ2v) is 3.70. The van der Waals surface area contributed by atoms with Gasteiger partial charge in [-0.3, -0.25) is 9.59 Å². The third-order valence-corrected chi connectivity index (χ3v) is 2.51. The minimum atomic E-state index is -1.26. The molecule has 0 atom stereocenters. The van der Waals surface area contributed by atoms with Crippen LogP contribution in [0.5, 0.6) is 0 Å². The molecular formula is C12H9FN2O3. The minimum absolute atomic E-state index is 0.177. The van der Waals surface area contributed by atoms with E-state index in [0.29, 0.717) is 11.8 Å². The number of hydrogen-bond donors (Lipinski definition) is 1. The van der Waals surface area contributed by atoms with Crippen LogP contribution in [0.3, 0.4) is 0 Å². The summed E-state index contributed by atoms with van der Waals surface area (Å²) >= 11 is 0. The highest BCUT2D eigenvalue weighted by atomic mass is 19.1. The van der Waals surface area contributed by atoms with E-state index in [1.54, 1.807) is 25.1 Å². The highest BCUT2D eigenvalue weighted by Gasteiger charge is 2.17. The molecule has 18 heavy (non-hydrogen) atoms. The number of carbonyl (C=O) groups is 1. The Morgan fingerprint density at radius 3 is 2.61 bits per heavy atom. The van der Waals surface area contributed by atoms with Gasteiger partial charge in [0.15, 0.2) is 0 Å². The average Bonchev–Trinajstić information content (AvgIpc) is 2.35. The molecule has 0 aliphatic heterocycles. The molecule has 1 N–H and O–H groups in total.